The summed E-state index contributed by atoms with van der Waals surface area (Å²) in [5.41, 5.74) is 0.285. The van der Waals surface area contributed by atoms with Gasteiger partial charge < -0.3 is 0 Å². The van der Waals surface area contributed by atoms with Crippen molar-refractivity contribution in [2.75, 3.05) is 0 Å². The van der Waals surface area contributed by atoms with Crippen molar-refractivity contribution in [1.29, 1.82) is 0 Å². The quantitative estimate of drug-likeness (QED) is 0.747. The Labute approximate surface area is 105 Å². The van der Waals surface area contributed by atoms with Crippen LogP contribution in [0.4, 0.5) is 0 Å². The molecule has 1 aliphatic carbocycles. The van der Waals surface area contributed by atoms with E-state index in [1.807, 2.05) is 6.92 Å². The summed E-state index contributed by atoms with van der Waals surface area (Å²) in [5, 5.41) is 0. The average molecular weight is 238 g/mol. The van der Waals surface area contributed by atoms with Gasteiger partial charge in [0, 0.05) is 25.2 Å². The van der Waals surface area contributed by atoms with E-state index in [1.54, 1.807) is 0 Å². The van der Waals surface area contributed by atoms with E-state index in [4.69, 9.17) is 0 Å². The minimum atomic E-state index is 0.142. The second-order valence-corrected chi connectivity index (χ2v) is 6.43. The highest BCUT2D eigenvalue weighted by atomic mass is 16.1. The molecule has 0 radical (unpaired) electrons. The van der Waals surface area contributed by atoms with Crippen LogP contribution in [0.3, 0.4) is 0 Å². The molecule has 17 heavy (non-hydrogen) atoms. The number of carbonyl (C=O) groups excluding carboxylic acids is 2. The van der Waals surface area contributed by atoms with Gasteiger partial charge in [0.15, 0.2) is 0 Å². The molecule has 1 aliphatic rings. The molecule has 2 nitrogen and oxygen atoms in total. The van der Waals surface area contributed by atoms with E-state index in [9.17, 15) is 9.59 Å². The van der Waals surface area contributed by atoms with Crippen LogP contribution in [0.5, 0.6) is 0 Å². The Bertz CT molecular complexity index is 286. The van der Waals surface area contributed by atoms with Crippen LogP contribution in [0.25, 0.3) is 0 Å². The minimum absolute atomic E-state index is 0.142. The summed E-state index contributed by atoms with van der Waals surface area (Å²) in [5.74, 6) is 1.44. The molecular weight excluding hydrogens is 212 g/mol. The van der Waals surface area contributed by atoms with Crippen LogP contribution in [0, 0.1) is 17.3 Å². The molecule has 0 bridgehead atoms. The number of ketones is 2. The van der Waals surface area contributed by atoms with Crippen LogP contribution >= 0.6 is 0 Å². The van der Waals surface area contributed by atoms with Crippen LogP contribution in [0.1, 0.15) is 66.2 Å². The topological polar surface area (TPSA) is 34.1 Å². The molecular formula is C15H26O2. The van der Waals surface area contributed by atoms with E-state index in [-0.39, 0.29) is 17.1 Å². The maximum atomic E-state index is 11.9. The Morgan fingerprint density at radius 1 is 1.35 bits per heavy atom. The molecule has 2 heteroatoms. The molecule has 2 atom stereocenters. The Morgan fingerprint density at radius 3 is 2.53 bits per heavy atom. The predicted octanol–water partition coefficient (Wildman–Crippen LogP) is 3.78. The highest BCUT2D eigenvalue weighted by molar-refractivity contribution is 5.83. The lowest BCUT2D eigenvalue weighted by Crippen LogP contribution is -2.32. The summed E-state index contributed by atoms with van der Waals surface area (Å²) in [4.78, 5) is 23.2. The van der Waals surface area contributed by atoms with Crippen LogP contribution in [-0.2, 0) is 9.59 Å². The molecule has 1 saturated carbocycles. The van der Waals surface area contributed by atoms with E-state index >= 15 is 0 Å². The maximum Gasteiger partial charge on any atom is 0.136 e. The fourth-order valence-electron chi connectivity index (χ4n) is 2.69. The van der Waals surface area contributed by atoms with E-state index in [0.29, 0.717) is 31.0 Å². The Balaban J connectivity index is 2.52. The van der Waals surface area contributed by atoms with E-state index in [2.05, 4.69) is 20.8 Å². The van der Waals surface area contributed by atoms with Crippen LogP contribution < -0.4 is 0 Å². The first kappa shape index (κ1) is 14.4. The molecule has 0 aliphatic heterocycles. The zero-order chi connectivity index (χ0) is 13.1. The van der Waals surface area contributed by atoms with Crippen LogP contribution in [0.2, 0.25) is 0 Å². The molecule has 0 saturated heterocycles. The van der Waals surface area contributed by atoms with Crippen molar-refractivity contribution in [3.05, 3.63) is 0 Å². The summed E-state index contributed by atoms with van der Waals surface area (Å²) in [7, 11) is 0. The fraction of sp³-hybridized carbons (Fsp3) is 0.867. The van der Waals surface area contributed by atoms with Gasteiger partial charge in [-0.05, 0) is 30.6 Å². The van der Waals surface area contributed by atoms with Crippen molar-refractivity contribution in [2.24, 2.45) is 17.3 Å². The maximum absolute atomic E-state index is 11.9. The van der Waals surface area contributed by atoms with Crippen molar-refractivity contribution >= 4 is 11.6 Å². The van der Waals surface area contributed by atoms with Crippen molar-refractivity contribution in [3.63, 3.8) is 0 Å². The highest BCUT2D eigenvalue weighted by Crippen LogP contribution is 2.40. The molecule has 2 unspecified atom stereocenters. The summed E-state index contributed by atoms with van der Waals surface area (Å²) >= 11 is 0. The molecule has 0 spiro atoms. The summed E-state index contributed by atoms with van der Waals surface area (Å²) in [6.07, 6.45) is 4.69. The molecule has 0 N–H and O–H groups in total. The molecule has 0 amide bonds. The number of Topliss-reactive ketones (excluding diaryl/α,β-unsaturated/α-hetero) is 2. The Hall–Kier alpha value is -0.660. The third-order valence-electron chi connectivity index (χ3n) is 4.15. The zero-order valence-electron chi connectivity index (χ0n) is 11.7. The number of rotatable bonds is 4. The van der Waals surface area contributed by atoms with Crippen molar-refractivity contribution in [3.8, 4) is 0 Å². The fourth-order valence-corrected chi connectivity index (χ4v) is 2.69. The standard InChI is InChI=1S/C15H26O2/c1-5-13(16)8-6-11-10-12(15(2,3)4)7-9-14(11)17/h11-12H,5-10H2,1-4H3. The lowest BCUT2D eigenvalue weighted by atomic mass is 9.68. The third-order valence-corrected chi connectivity index (χ3v) is 4.15. The number of hydrogen-bond acceptors (Lipinski definition) is 2. The number of hydrogen-bond donors (Lipinski definition) is 0. The molecule has 0 heterocycles. The molecule has 0 aromatic rings. The van der Waals surface area contributed by atoms with Gasteiger partial charge in [-0.25, -0.2) is 0 Å². The van der Waals surface area contributed by atoms with Crippen molar-refractivity contribution < 1.29 is 9.59 Å². The average Bonchev–Trinajstić information content (AvgIpc) is 2.26. The zero-order valence-corrected chi connectivity index (χ0v) is 11.7. The Kier molecular flexibility index (Phi) is 4.91. The smallest absolute Gasteiger partial charge is 0.136 e. The van der Waals surface area contributed by atoms with Gasteiger partial charge in [0.1, 0.15) is 11.6 Å². The predicted molar refractivity (Wildman–Crippen MR) is 69.8 cm³/mol. The second kappa shape index (κ2) is 5.79. The van der Waals surface area contributed by atoms with Gasteiger partial charge in [-0.3, -0.25) is 9.59 Å². The molecule has 0 aromatic heterocycles. The molecule has 1 rings (SSSR count). The highest BCUT2D eigenvalue weighted by Gasteiger charge is 2.34. The summed E-state index contributed by atoms with van der Waals surface area (Å²) < 4.78 is 0. The van der Waals surface area contributed by atoms with Crippen molar-refractivity contribution in [2.45, 2.75) is 66.2 Å². The van der Waals surface area contributed by atoms with Gasteiger partial charge in [0.2, 0.25) is 0 Å². The SMILES string of the molecule is CCC(=O)CCC1CC(C(C)(C)C)CCC1=O. The van der Waals surface area contributed by atoms with Gasteiger partial charge in [-0.2, -0.15) is 0 Å². The first-order chi connectivity index (χ1) is 7.84. The van der Waals surface area contributed by atoms with E-state index in [0.717, 1.165) is 19.3 Å². The minimum Gasteiger partial charge on any atom is -0.300 e. The van der Waals surface area contributed by atoms with Gasteiger partial charge in [-0.15, -0.1) is 0 Å². The van der Waals surface area contributed by atoms with Crippen LogP contribution in [-0.4, -0.2) is 11.6 Å². The summed E-state index contributed by atoms with van der Waals surface area (Å²) in [6, 6.07) is 0. The monoisotopic (exact) mass is 238 g/mol. The Morgan fingerprint density at radius 2 is 2.00 bits per heavy atom. The molecule has 1 fully saturated rings. The van der Waals surface area contributed by atoms with E-state index < -0.39 is 0 Å². The normalized spacial score (nSPS) is 26.0. The molecule has 98 valence electrons. The first-order valence-corrected chi connectivity index (χ1v) is 6.89. The van der Waals surface area contributed by atoms with Gasteiger partial charge in [0.25, 0.3) is 0 Å². The first-order valence-electron chi connectivity index (χ1n) is 6.89. The van der Waals surface area contributed by atoms with E-state index in [1.165, 1.54) is 0 Å². The second-order valence-electron chi connectivity index (χ2n) is 6.43. The lowest BCUT2D eigenvalue weighted by Gasteiger charge is -2.37. The third kappa shape index (κ3) is 4.25. The van der Waals surface area contributed by atoms with Gasteiger partial charge >= 0.3 is 0 Å². The van der Waals surface area contributed by atoms with Crippen LogP contribution in [0.15, 0.2) is 0 Å². The number of carbonyl (C=O) groups is 2. The lowest BCUT2D eigenvalue weighted by molar-refractivity contribution is -0.127. The van der Waals surface area contributed by atoms with Crippen molar-refractivity contribution in [1.82, 2.24) is 0 Å². The molecule has 0 aromatic carbocycles. The van der Waals surface area contributed by atoms with Gasteiger partial charge in [-0.1, -0.05) is 27.7 Å². The summed E-state index contributed by atoms with van der Waals surface area (Å²) in [6.45, 7) is 8.65. The van der Waals surface area contributed by atoms with Gasteiger partial charge in [0.05, 0.1) is 0 Å². The largest absolute Gasteiger partial charge is 0.300 e.